The predicted octanol–water partition coefficient (Wildman–Crippen LogP) is 3.42. The van der Waals surface area contributed by atoms with Gasteiger partial charge in [-0.15, -0.1) is 0 Å². The molecule has 2 atom stereocenters. The molecule has 1 fully saturated rings. The number of phenolic OH excluding ortho intramolecular Hbond substituents is 1. The molecule has 0 heterocycles. The Kier molecular flexibility index (Phi) is 2.58. The van der Waals surface area contributed by atoms with Crippen LogP contribution in [0.15, 0.2) is 24.3 Å². The summed E-state index contributed by atoms with van der Waals surface area (Å²) in [6.07, 6.45) is 3.84. The molecule has 1 saturated carbocycles. The second-order valence-corrected chi connectivity index (χ2v) is 4.82. The molecule has 1 N–H and O–H groups in total. The number of benzene rings is 1. The van der Waals surface area contributed by atoms with E-state index < -0.39 is 0 Å². The zero-order valence-electron chi connectivity index (χ0n) is 7.41. The fourth-order valence-corrected chi connectivity index (χ4v) is 2.91. The van der Waals surface area contributed by atoms with Gasteiger partial charge >= 0.3 is 0 Å². The van der Waals surface area contributed by atoms with Crippen molar-refractivity contribution in [2.24, 2.45) is 0 Å². The predicted molar refractivity (Wildman–Crippen MR) is 57.4 cm³/mol. The van der Waals surface area contributed by atoms with E-state index in [1.54, 1.807) is 12.1 Å². The van der Waals surface area contributed by atoms with Gasteiger partial charge in [-0.25, -0.2) is 0 Å². The second-order valence-electron chi connectivity index (χ2n) is 3.64. The molecule has 0 aromatic heterocycles. The lowest BCUT2D eigenvalue weighted by Gasteiger charge is -2.13. The Morgan fingerprint density at radius 1 is 1.15 bits per heavy atom. The Balaban J connectivity index is 2.20. The molecule has 0 saturated heterocycles. The summed E-state index contributed by atoms with van der Waals surface area (Å²) in [6.45, 7) is 0. The lowest BCUT2D eigenvalue weighted by Crippen LogP contribution is -2.03. The summed E-state index contributed by atoms with van der Waals surface area (Å²) in [7, 11) is 0. The van der Waals surface area contributed by atoms with Gasteiger partial charge in [-0.2, -0.15) is 0 Å². The molecule has 2 unspecified atom stereocenters. The minimum atomic E-state index is 0.355. The lowest BCUT2D eigenvalue weighted by molar-refractivity contribution is 0.475. The van der Waals surface area contributed by atoms with Crippen LogP contribution in [0, 0.1) is 0 Å². The van der Waals surface area contributed by atoms with E-state index in [9.17, 15) is 0 Å². The highest BCUT2D eigenvalue weighted by Crippen LogP contribution is 2.39. The van der Waals surface area contributed by atoms with E-state index in [2.05, 4.69) is 15.9 Å². The van der Waals surface area contributed by atoms with Gasteiger partial charge in [0.25, 0.3) is 0 Å². The van der Waals surface area contributed by atoms with Gasteiger partial charge in [-0.3, -0.25) is 0 Å². The van der Waals surface area contributed by atoms with Crippen molar-refractivity contribution in [2.75, 3.05) is 0 Å². The molecule has 0 spiro atoms. The van der Waals surface area contributed by atoms with Crippen molar-refractivity contribution < 1.29 is 5.11 Å². The number of aromatic hydroxyl groups is 1. The minimum Gasteiger partial charge on any atom is -0.508 e. The molecule has 2 heteroatoms. The lowest BCUT2D eigenvalue weighted by atomic mass is 9.98. The first-order chi connectivity index (χ1) is 6.27. The molecule has 1 aromatic carbocycles. The number of rotatable bonds is 1. The van der Waals surface area contributed by atoms with Crippen molar-refractivity contribution in [2.45, 2.75) is 30.0 Å². The Hall–Kier alpha value is -0.500. The molecule has 1 aliphatic rings. The smallest absolute Gasteiger partial charge is 0.115 e. The Bertz CT molecular complexity index is 281. The van der Waals surface area contributed by atoms with E-state index in [0.29, 0.717) is 16.5 Å². The summed E-state index contributed by atoms with van der Waals surface area (Å²) in [5, 5.41) is 9.15. The van der Waals surface area contributed by atoms with Crippen LogP contribution in [-0.4, -0.2) is 9.93 Å². The normalized spacial score (nSPS) is 27.8. The van der Waals surface area contributed by atoms with Crippen LogP contribution >= 0.6 is 15.9 Å². The zero-order valence-corrected chi connectivity index (χ0v) is 9.00. The maximum absolute atomic E-state index is 9.15. The van der Waals surface area contributed by atoms with Gasteiger partial charge in [0.15, 0.2) is 0 Å². The molecule has 1 nitrogen and oxygen atoms in total. The molecule has 0 aliphatic heterocycles. The molecule has 0 radical (unpaired) electrons. The van der Waals surface area contributed by atoms with Crippen molar-refractivity contribution in [3.8, 4) is 5.75 Å². The third-order valence-electron chi connectivity index (χ3n) is 2.75. The molecule has 2 rings (SSSR count). The van der Waals surface area contributed by atoms with Crippen LogP contribution in [0.25, 0.3) is 0 Å². The first kappa shape index (κ1) is 9.07. The fraction of sp³-hybridized carbons (Fsp3) is 0.455. The molecular weight excluding hydrogens is 228 g/mol. The van der Waals surface area contributed by atoms with E-state index in [0.717, 1.165) is 0 Å². The number of alkyl halides is 1. The van der Waals surface area contributed by atoms with Gasteiger partial charge in [-0.05, 0) is 36.5 Å². The topological polar surface area (TPSA) is 20.2 Å². The van der Waals surface area contributed by atoms with Crippen molar-refractivity contribution in [3.05, 3.63) is 29.8 Å². The van der Waals surface area contributed by atoms with E-state index in [4.69, 9.17) is 5.11 Å². The fourth-order valence-electron chi connectivity index (χ4n) is 2.01. The molecular formula is C11H13BrO. The van der Waals surface area contributed by atoms with Crippen LogP contribution < -0.4 is 0 Å². The molecule has 70 valence electrons. The standard InChI is InChI=1S/C11H13BrO/c12-11-3-1-2-10(11)8-4-6-9(13)7-5-8/h4-7,10-11,13H,1-3H2. The molecule has 13 heavy (non-hydrogen) atoms. The largest absolute Gasteiger partial charge is 0.508 e. The zero-order chi connectivity index (χ0) is 9.26. The molecule has 1 aromatic rings. The minimum absolute atomic E-state index is 0.355. The van der Waals surface area contributed by atoms with Gasteiger partial charge in [0.2, 0.25) is 0 Å². The van der Waals surface area contributed by atoms with Crippen LogP contribution in [0.2, 0.25) is 0 Å². The van der Waals surface area contributed by atoms with E-state index in [1.807, 2.05) is 12.1 Å². The summed E-state index contributed by atoms with van der Waals surface area (Å²) >= 11 is 3.70. The van der Waals surface area contributed by atoms with Crippen LogP contribution in [0.3, 0.4) is 0 Å². The van der Waals surface area contributed by atoms with Gasteiger partial charge in [0, 0.05) is 4.83 Å². The SMILES string of the molecule is Oc1ccc(C2CCCC2Br)cc1. The quantitative estimate of drug-likeness (QED) is 0.747. The van der Waals surface area contributed by atoms with Gasteiger partial charge in [0.05, 0.1) is 0 Å². The van der Waals surface area contributed by atoms with Gasteiger partial charge in [-0.1, -0.05) is 34.5 Å². The Morgan fingerprint density at radius 2 is 1.85 bits per heavy atom. The van der Waals surface area contributed by atoms with Crippen LogP contribution in [0.5, 0.6) is 5.75 Å². The number of hydrogen-bond acceptors (Lipinski definition) is 1. The van der Waals surface area contributed by atoms with E-state index in [-0.39, 0.29) is 0 Å². The van der Waals surface area contributed by atoms with E-state index in [1.165, 1.54) is 24.8 Å². The van der Waals surface area contributed by atoms with E-state index >= 15 is 0 Å². The average Bonchev–Trinajstić information content (AvgIpc) is 2.53. The third-order valence-corrected chi connectivity index (χ3v) is 3.85. The van der Waals surface area contributed by atoms with Crippen molar-refractivity contribution in [3.63, 3.8) is 0 Å². The monoisotopic (exact) mass is 240 g/mol. The van der Waals surface area contributed by atoms with Crippen LogP contribution in [0.4, 0.5) is 0 Å². The van der Waals surface area contributed by atoms with Crippen LogP contribution in [0.1, 0.15) is 30.7 Å². The van der Waals surface area contributed by atoms with Gasteiger partial charge < -0.3 is 5.11 Å². The maximum Gasteiger partial charge on any atom is 0.115 e. The Labute approximate surface area is 86.9 Å². The summed E-state index contributed by atoms with van der Waals surface area (Å²) in [6, 6.07) is 7.60. The third kappa shape index (κ3) is 1.88. The average molecular weight is 241 g/mol. The molecule has 0 amide bonds. The van der Waals surface area contributed by atoms with Crippen molar-refractivity contribution in [1.82, 2.24) is 0 Å². The highest BCUT2D eigenvalue weighted by Gasteiger charge is 2.25. The Morgan fingerprint density at radius 3 is 2.38 bits per heavy atom. The van der Waals surface area contributed by atoms with Crippen molar-refractivity contribution in [1.29, 1.82) is 0 Å². The highest BCUT2D eigenvalue weighted by atomic mass is 79.9. The molecule has 1 aliphatic carbocycles. The maximum atomic E-state index is 9.15. The second kappa shape index (κ2) is 3.70. The first-order valence-corrected chi connectivity index (χ1v) is 5.62. The number of halogens is 1. The van der Waals surface area contributed by atoms with Gasteiger partial charge in [0.1, 0.15) is 5.75 Å². The summed E-state index contributed by atoms with van der Waals surface area (Å²) in [5.74, 6) is 0.994. The summed E-state index contributed by atoms with van der Waals surface area (Å²) in [5.41, 5.74) is 1.34. The number of phenols is 1. The molecule has 0 bridgehead atoms. The highest BCUT2D eigenvalue weighted by molar-refractivity contribution is 9.09. The van der Waals surface area contributed by atoms with Crippen LogP contribution in [-0.2, 0) is 0 Å². The summed E-state index contributed by atoms with van der Waals surface area (Å²) in [4.78, 5) is 0.622. The van der Waals surface area contributed by atoms with Crippen molar-refractivity contribution >= 4 is 15.9 Å². The number of hydrogen-bond donors (Lipinski definition) is 1. The first-order valence-electron chi connectivity index (χ1n) is 4.70. The summed E-state index contributed by atoms with van der Waals surface area (Å²) < 4.78 is 0.